The summed E-state index contributed by atoms with van der Waals surface area (Å²) in [4.78, 5) is 61.8. The number of hydrogen-bond donors (Lipinski definition) is 17. The van der Waals surface area contributed by atoms with Crippen LogP contribution in [0, 0.1) is 0 Å². The first-order chi connectivity index (χ1) is 28.9. The van der Waals surface area contributed by atoms with Crippen LogP contribution in [-0.4, -0.2) is 275 Å². The topological polar surface area (TPSA) is 526 Å². The van der Waals surface area contributed by atoms with Gasteiger partial charge < -0.3 is 129 Å². The van der Waals surface area contributed by atoms with Crippen LogP contribution in [0.5, 0.6) is 0 Å². The molecule has 0 aliphatic carbocycles. The molecule has 62 heavy (non-hydrogen) atoms. The largest absolute Gasteiger partial charge is 0.560 e. The Bertz CT molecular complexity index is 1620. The van der Waals surface area contributed by atoms with Crippen molar-refractivity contribution in [3.8, 4) is 0 Å². The first kappa shape index (κ1) is 49.5. The Labute approximate surface area is 342 Å². The lowest BCUT2D eigenvalue weighted by atomic mass is 9.95. The molecule has 0 saturated carbocycles. The van der Waals surface area contributed by atoms with Crippen LogP contribution in [0.4, 0.5) is 0 Å². The van der Waals surface area contributed by atoms with E-state index in [9.17, 15) is 111 Å². The highest BCUT2D eigenvalue weighted by Crippen LogP contribution is 2.36. The van der Waals surface area contributed by atoms with Gasteiger partial charge in [-0.25, -0.2) is 19.2 Å². The lowest BCUT2D eigenvalue weighted by Gasteiger charge is -2.48. The zero-order valence-corrected chi connectivity index (χ0v) is 30.7. The molecular formula is C30H43O32+. The number of aliphatic carboxylic acids is 4. The van der Waals surface area contributed by atoms with Gasteiger partial charge in [0.25, 0.3) is 0 Å². The Morgan fingerprint density at radius 3 is 0.968 bits per heavy atom. The predicted octanol–water partition coefficient (Wildman–Crippen LogP) is -11.6. The third-order valence-corrected chi connectivity index (χ3v) is 10.2. The van der Waals surface area contributed by atoms with Gasteiger partial charge in [0, 0.05) is 0 Å². The Balaban J connectivity index is 1.32. The fraction of sp³-hybridized carbons (Fsp3) is 0.833. The molecule has 32 nitrogen and oxygen atoms in total. The zero-order chi connectivity index (χ0) is 46.4. The smallest absolute Gasteiger partial charge is 0.479 e. The molecule has 0 radical (unpaired) electrons. The van der Waals surface area contributed by atoms with Crippen LogP contribution in [0.15, 0.2) is 0 Å². The number of aliphatic hydroxyl groups excluding tert-OH is 12. The van der Waals surface area contributed by atoms with E-state index in [4.69, 9.17) is 37.9 Å². The number of carboxylic acids is 4. The number of rotatable bonds is 13. The van der Waals surface area contributed by atoms with Crippen molar-refractivity contribution in [3.05, 3.63) is 0 Å². The Morgan fingerprint density at radius 2 is 0.629 bits per heavy atom. The van der Waals surface area contributed by atoms with Crippen LogP contribution >= 0.6 is 0 Å². The summed E-state index contributed by atoms with van der Waals surface area (Å²) < 4.78 is 46.2. The number of aliphatic hydroxyl groups is 12. The van der Waals surface area contributed by atoms with E-state index in [0.717, 1.165) is 0 Å². The third-order valence-electron chi connectivity index (χ3n) is 10.2. The molecule has 32 heteroatoms. The molecule has 5 heterocycles. The maximum Gasteiger partial charge on any atom is 0.560 e. The van der Waals surface area contributed by atoms with Crippen LogP contribution in [0.25, 0.3) is 0 Å². The fourth-order valence-electron chi connectivity index (χ4n) is 6.94. The molecule has 5 aliphatic rings. The second kappa shape index (κ2) is 19.7. The summed E-state index contributed by atoms with van der Waals surface area (Å²) in [5, 5.41) is 174. The highest BCUT2D eigenvalue weighted by atomic mass is 17.1. The molecule has 0 bridgehead atoms. The molecule has 0 amide bonds. The van der Waals surface area contributed by atoms with E-state index in [0.29, 0.717) is 0 Å². The molecule has 18 N–H and O–H groups in total. The minimum atomic E-state index is -2.55. The van der Waals surface area contributed by atoms with Gasteiger partial charge in [-0.3, -0.25) is 0 Å². The van der Waals surface area contributed by atoms with E-state index in [1.807, 2.05) is 0 Å². The maximum atomic E-state index is 12.3. The average Bonchev–Trinajstić information content (AvgIpc) is 3.21. The molecule has 5 fully saturated rings. The molecule has 0 unspecified atom stereocenters. The van der Waals surface area contributed by atoms with E-state index < -0.39 is 183 Å². The van der Waals surface area contributed by atoms with Gasteiger partial charge in [0.05, 0.1) is 0 Å². The van der Waals surface area contributed by atoms with Crippen molar-refractivity contribution < 1.29 is 158 Å². The standard InChI is InChI=1S/C30H42O32/c31-1-2(32)16(21(42)43)58-27(8(1)38)55-13-5(35)10(40)29(60-18(13)23(46)47)57-15-6(36)11(41)30(61-20(15)26(51)62-52)56-14-4(34)9(39)28(59-19(14)24(48)49)54-12-3(33)7(37)25(50)53-17(12)22(44)45/h1-20,25,27-41,50,52H,(H,42,43)(H,44,45)(H,46,47)(H,48,49)/p+1/t1-,2+,3+,4+,5+,6+,7+,8+,9+,10+,11+,12+,13+,14+,15+,16-,17-,18-,19-,20-,25-,27-,28-,29-,30-/m0/s1. The Kier molecular flexibility index (Phi) is 15.7. The van der Waals surface area contributed by atoms with Crippen molar-refractivity contribution in [1.29, 1.82) is 0 Å². The predicted molar refractivity (Wildman–Crippen MR) is 172 cm³/mol. The van der Waals surface area contributed by atoms with Crippen molar-refractivity contribution in [2.75, 3.05) is 0 Å². The molecule has 0 aromatic rings. The Hall–Kier alpha value is -3.53. The van der Waals surface area contributed by atoms with Crippen LogP contribution in [0.3, 0.4) is 0 Å². The summed E-state index contributed by atoms with van der Waals surface area (Å²) >= 11 is 0. The van der Waals surface area contributed by atoms with E-state index in [1.54, 1.807) is 0 Å². The highest BCUT2D eigenvalue weighted by Gasteiger charge is 2.60. The van der Waals surface area contributed by atoms with Gasteiger partial charge in [-0.15, -0.1) is 4.89 Å². The lowest BCUT2D eigenvalue weighted by molar-refractivity contribution is -0.383. The molecule has 0 spiro atoms. The molecule has 5 aliphatic heterocycles. The number of carbonyl (C=O) groups excluding carboxylic acids is 1. The Morgan fingerprint density at radius 1 is 0.355 bits per heavy atom. The van der Waals surface area contributed by atoms with Gasteiger partial charge in [-0.2, -0.15) is 0 Å². The van der Waals surface area contributed by atoms with Gasteiger partial charge in [-0.05, 0) is 0 Å². The van der Waals surface area contributed by atoms with E-state index in [2.05, 4.69) is 9.62 Å². The minimum Gasteiger partial charge on any atom is -0.479 e. The summed E-state index contributed by atoms with van der Waals surface area (Å²) in [6.07, 6.45) is -59.5. The fourth-order valence-corrected chi connectivity index (χ4v) is 6.94. The SMILES string of the molecule is O=C(O)[C@H]1O[C@H](O[C@@H]2[C@H](O)[C@@H](O)[C@@H](O[C@@H]3[C@H](O)[C@@H](O)[C@@H](O[C@@H]4[C@H](O)[C@@H](O)[C@@H](O[C@@H]5[C@H](O)[C@@H](O)[C@@H](O)O[C@@H]5C(=O)O)O[C@@H]4C(=O)O)O[C@@H]3C(=[OH+])OO)O[C@@H]2C(=O)O)[C@H](O)[C@@H](O)[C@H]1O. The molecule has 354 valence electrons. The average molecular weight is 916 g/mol. The molecule has 5 rings (SSSR count). The number of carbonyl (C=O) groups is 4. The van der Waals surface area contributed by atoms with Crippen molar-refractivity contribution in [2.24, 2.45) is 0 Å². The third kappa shape index (κ3) is 9.61. The second-order valence-electron chi connectivity index (χ2n) is 14.2. The van der Waals surface area contributed by atoms with Crippen molar-refractivity contribution in [3.63, 3.8) is 0 Å². The minimum absolute atomic E-state index is 1.68. The lowest BCUT2D eigenvalue weighted by Crippen LogP contribution is -2.69. The first-order valence-corrected chi connectivity index (χ1v) is 17.8. The van der Waals surface area contributed by atoms with Crippen molar-refractivity contribution in [1.82, 2.24) is 0 Å². The second-order valence-corrected chi connectivity index (χ2v) is 14.2. The first-order valence-electron chi connectivity index (χ1n) is 17.8. The molecule has 25 atom stereocenters. The van der Waals surface area contributed by atoms with Gasteiger partial charge in [0.15, 0.2) is 55.9 Å². The normalized spacial score (nSPS) is 48.8. The molecule has 0 aromatic heterocycles. The monoisotopic (exact) mass is 915 g/mol. The van der Waals surface area contributed by atoms with Crippen LogP contribution in [-0.2, 0) is 66.7 Å². The van der Waals surface area contributed by atoms with Crippen LogP contribution < -0.4 is 0 Å². The summed E-state index contributed by atoms with van der Waals surface area (Å²) in [5.74, 6) is -9.49. The molecular weight excluding hydrogens is 872 g/mol. The van der Waals surface area contributed by atoms with Gasteiger partial charge in [0.1, 0.15) is 91.6 Å². The number of carboxylic acid groups (broad SMARTS) is 4. The van der Waals surface area contributed by atoms with E-state index in [-0.39, 0.29) is 0 Å². The van der Waals surface area contributed by atoms with Gasteiger partial charge in [-0.1, -0.05) is 5.26 Å². The quantitative estimate of drug-likeness (QED) is 0.0463. The highest BCUT2D eigenvalue weighted by molar-refractivity contribution is 5.76. The maximum absolute atomic E-state index is 12.3. The van der Waals surface area contributed by atoms with Crippen molar-refractivity contribution in [2.45, 2.75) is 154 Å². The summed E-state index contributed by atoms with van der Waals surface area (Å²) in [7, 11) is 0. The van der Waals surface area contributed by atoms with Crippen molar-refractivity contribution >= 4 is 29.8 Å². The molecule has 5 saturated heterocycles. The number of hydrogen-bond acceptors (Lipinski definition) is 27. The van der Waals surface area contributed by atoms with E-state index >= 15 is 0 Å². The summed E-state index contributed by atoms with van der Waals surface area (Å²) in [5.41, 5.74) is 0. The number of ether oxygens (including phenoxy) is 9. The molecule has 0 aromatic carbocycles. The summed E-state index contributed by atoms with van der Waals surface area (Å²) in [6.45, 7) is 0. The van der Waals surface area contributed by atoms with Crippen LogP contribution in [0.1, 0.15) is 0 Å². The zero-order valence-electron chi connectivity index (χ0n) is 30.7. The van der Waals surface area contributed by atoms with Gasteiger partial charge in [0.2, 0.25) is 6.10 Å². The van der Waals surface area contributed by atoms with E-state index in [1.165, 1.54) is 0 Å². The van der Waals surface area contributed by atoms with Gasteiger partial charge >= 0.3 is 29.8 Å². The summed E-state index contributed by atoms with van der Waals surface area (Å²) in [6, 6.07) is 0. The van der Waals surface area contributed by atoms with Crippen LogP contribution in [0.2, 0.25) is 0 Å².